The van der Waals surface area contributed by atoms with E-state index in [2.05, 4.69) is 16.8 Å². The summed E-state index contributed by atoms with van der Waals surface area (Å²) in [6.07, 6.45) is 2.56. The summed E-state index contributed by atoms with van der Waals surface area (Å²) in [7, 11) is 1.84. The molecule has 1 amide bonds. The molecule has 1 fully saturated rings. The van der Waals surface area contributed by atoms with E-state index in [4.69, 9.17) is 9.47 Å². The van der Waals surface area contributed by atoms with E-state index in [0.29, 0.717) is 6.61 Å². The Morgan fingerprint density at radius 3 is 2.42 bits per heavy atom. The third-order valence-electron chi connectivity index (χ3n) is 5.50. The highest BCUT2D eigenvalue weighted by atomic mass is 16.5. The SMILES string of the molecule is CCN(c1ccc(Oc2ccc(CC3COCC(=O)N3C)cc2)cc1)c1ccccn1. The van der Waals surface area contributed by atoms with Gasteiger partial charge in [-0.15, -0.1) is 0 Å². The molecule has 1 aliphatic heterocycles. The molecule has 2 heterocycles. The molecular weight excluding hydrogens is 390 g/mol. The Labute approximate surface area is 183 Å². The molecule has 0 aliphatic carbocycles. The molecule has 160 valence electrons. The number of aromatic nitrogens is 1. The van der Waals surface area contributed by atoms with Gasteiger partial charge in [0.1, 0.15) is 23.9 Å². The second kappa shape index (κ2) is 9.62. The van der Waals surface area contributed by atoms with Crippen LogP contribution in [0.3, 0.4) is 0 Å². The monoisotopic (exact) mass is 417 g/mol. The highest BCUT2D eigenvalue weighted by Crippen LogP contribution is 2.28. The number of hydrogen-bond donors (Lipinski definition) is 0. The number of benzene rings is 2. The van der Waals surface area contributed by atoms with Gasteiger partial charge in [0, 0.05) is 25.5 Å². The van der Waals surface area contributed by atoms with E-state index in [0.717, 1.165) is 41.5 Å². The Bertz CT molecular complexity index is 991. The van der Waals surface area contributed by atoms with Gasteiger partial charge in [0.15, 0.2) is 0 Å². The molecule has 1 unspecified atom stereocenters. The van der Waals surface area contributed by atoms with Crippen LogP contribution in [-0.4, -0.2) is 48.6 Å². The molecule has 1 saturated heterocycles. The Morgan fingerprint density at radius 1 is 1.06 bits per heavy atom. The second-order valence-electron chi connectivity index (χ2n) is 7.55. The Kier molecular flexibility index (Phi) is 6.48. The number of pyridine rings is 1. The van der Waals surface area contributed by atoms with Crippen molar-refractivity contribution in [3.8, 4) is 11.5 Å². The molecule has 6 nitrogen and oxygen atoms in total. The quantitative estimate of drug-likeness (QED) is 0.569. The molecular formula is C25H27N3O3. The Hall–Kier alpha value is -3.38. The van der Waals surface area contributed by atoms with Crippen molar-refractivity contribution in [3.63, 3.8) is 0 Å². The predicted molar refractivity (Wildman–Crippen MR) is 121 cm³/mol. The Balaban J connectivity index is 1.38. The number of nitrogens with zero attached hydrogens (tertiary/aromatic N) is 3. The highest BCUT2D eigenvalue weighted by molar-refractivity contribution is 5.78. The standard InChI is InChI=1S/C25H27N3O3/c1-3-28(24-6-4-5-15-26-24)20-9-13-23(14-10-20)31-22-11-7-19(8-12-22)16-21-17-30-18-25(29)27(21)2/h4-15,21H,3,16-18H2,1-2H3. The average molecular weight is 418 g/mol. The average Bonchev–Trinajstić information content (AvgIpc) is 2.80. The molecule has 0 N–H and O–H groups in total. The zero-order valence-corrected chi connectivity index (χ0v) is 17.9. The molecule has 0 bridgehead atoms. The maximum atomic E-state index is 11.8. The minimum absolute atomic E-state index is 0.0318. The van der Waals surface area contributed by atoms with E-state index in [1.54, 1.807) is 11.1 Å². The van der Waals surface area contributed by atoms with E-state index >= 15 is 0 Å². The van der Waals surface area contributed by atoms with Gasteiger partial charge in [-0.3, -0.25) is 4.79 Å². The second-order valence-corrected chi connectivity index (χ2v) is 7.55. The lowest BCUT2D eigenvalue weighted by molar-refractivity contribution is -0.145. The van der Waals surface area contributed by atoms with Crippen molar-refractivity contribution in [3.05, 3.63) is 78.5 Å². The third-order valence-corrected chi connectivity index (χ3v) is 5.50. The summed E-state index contributed by atoms with van der Waals surface area (Å²) in [5.74, 6) is 2.51. The minimum Gasteiger partial charge on any atom is -0.457 e. The van der Waals surface area contributed by atoms with Crippen LogP contribution in [0.15, 0.2) is 72.9 Å². The maximum Gasteiger partial charge on any atom is 0.248 e. The molecule has 4 rings (SSSR count). The molecule has 1 aromatic heterocycles. The lowest BCUT2D eigenvalue weighted by Crippen LogP contribution is -2.47. The fourth-order valence-electron chi connectivity index (χ4n) is 3.68. The summed E-state index contributed by atoms with van der Waals surface area (Å²) in [6.45, 7) is 3.68. The molecule has 0 radical (unpaired) electrons. The maximum absolute atomic E-state index is 11.8. The molecule has 31 heavy (non-hydrogen) atoms. The van der Waals surface area contributed by atoms with Crippen molar-refractivity contribution in [2.24, 2.45) is 0 Å². The van der Waals surface area contributed by atoms with Crippen LogP contribution in [0.4, 0.5) is 11.5 Å². The molecule has 1 aliphatic rings. The zero-order chi connectivity index (χ0) is 21.6. The van der Waals surface area contributed by atoms with E-state index in [1.165, 1.54) is 0 Å². The van der Waals surface area contributed by atoms with Gasteiger partial charge in [-0.2, -0.15) is 0 Å². The molecule has 1 atom stereocenters. The summed E-state index contributed by atoms with van der Waals surface area (Å²) >= 11 is 0. The van der Waals surface area contributed by atoms with Crippen molar-refractivity contribution < 1.29 is 14.3 Å². The summed E-state index contributed by atoms with van der Waals surface area (Å²) in [5.41, 5.74) is 2.21. The van der Waals surface area contributed by atoms with E-state index in [1.807, 2.05) is 73.8 Å². The fraction of sp³-hybridized carbons (Fsp3) is 0.280. The van der Waals surface area contributed by atoms with E-state index in [-0.39, 0.29) is 18.6 Å². The third kappa shape index (κ3) is 5.03. The van der Waals surface area contributed by atoms with Crippen LogP contribution < -0.4 is 9.64 Å². The van der Waals surface area contributed by atoms with Crippen molar-refractivity contribution >= 4 is 17.4 Å². The number of carbonyl (C=O) groups excluding carboxylic acids is 1. The number of anilines is 2. The summed E-state index contributed by atoms with van der Waals surface area (Å²) in [4.78, 5) is 20.2. The molecule has 6 heteroatoms. The van der Waals surface area contributed by atoms with Gasteiger partial charge in [-0.25, -0.2) is 4.98 Å². The zero-order valence-electron chi connectivity index (χ0n) is 17.9. The summed E-state index contributed by atoms with van der Waals surface area (Å²) < 4.78 is 11.4. The fourth-order valence-corrected chi connectivity index (χ4v) is 3.68. The van der Waals surface area contributed by atoms with Crippen LogP contribution in [0.1, 0.15) is 12.5 Å². The topological polar surface area (TPSA) is 54.9 Å². The first kappa shape index (κ1) is 20.9. The van der Waals surface area contributed by atoms with Gasteiger partial charge in [0.25, 0.3) is 0 Å². The lowest BCUT2D eigenvalue weighted by Gasteiger charge is -2.32. The molecule has 3 aromatic rings. The van der Waals surface area contributed by atoms with E-state index < -0.39 is 0 Å². The van der Waals surface area contributed by atoms with Gasteiger partial charge < -0.3 is 19.3 Å². The predicted octanol–water partition coefficient (Wildman–Crippen LogP) is 4.43. The van der Waals surface area contributed by atoms with Gasteiger partial charge in [0.05, 0.1) is 12.6 Å². The van der Waals surface area contributed by atoms with Gasteiger partial charge in [-0.1, -0.05) is 18.2 Å². The first-order chi connectivity index (χ1) is 15.1. The van der Waals surface area contributed by atoms with Crippen LogP contribution in [0.5, 0.6) is 11.5 Å². The van der Waals surface area contributed by atoms with Crippen molar-refractivity contribution in [1.29, 1.82) is 0 Å². The number of ether oxygens (including phenoxy) is 2. The van der Waals surface area contributed by atoms with Crippen LogP contribution in [0.2, 0.25) is 0 Å². The smallest absolute Gasteiger partial charge is 0.248 e. The van der Waals surface area contributed by atoms with E-state index in [9.17, 15) is 4.79 Å². The number of rotatable bonds is 7. The van der Waals surface area contributed by atoms with Crippen LogP contribution in [-0.2, 0) is 16.0 Å². The number of carbonyl (C=O) groups is 1. The van der Waals surface area contributed by atoms with Crippen LogP contribution in [0.25, 0.3) is 0 Å². The van der Waals surface area contributed by atoms with Crippen LogP contribution >= 0.6 is 0 Å². The van der Waals surface area contributed by atoms with Gasteiger partial charge in [-0.05, 0) is 67.4 Å². The molecule has 0 spiro atoms. The normalized spacial score (nSPS) is 16.3. The van der Waals surface area contributed by atoms with Gasteiger partial charge in [0.2, 0.25) is 5.91 Å². The largest absolute Gasteiger partial charge is 0.457 e. The first-order valence-corrected chi connectivity index (χ1v) is 10.5. The molecule has 2 aromatic carbocycles. The highest BCUT2D eigenvalue weighted by Gasteiger charge is 2.25. The van der Waals surface area contributed by atoms with Crippen molar-refractivity contribution in [2.75, 3.05) is 31.7 Å². The lowest BCUT2D eigenvalue weighted by atomic mass is 10.0. The Morgan fingerprint density at radius 2 is 1.77 bits per heavy atom. The number of amides is 1. The number of hydrogen-bond acceptors (Lipinski definition) is 5. The van der Waals surface area contributed by atoms with Crippen LogP contribution in [0, 0.1) is 0 Å². The van der Waals surface area contributed by atoms with Crippen molar-refractivity contribution in [2.45, 2.75) is 19.4 Å². The summed E-state index contributed by atoms with van der Waals surface area (Å²) in [5, 5.41) is 0. The van der Waals surface area contributed by atoms with Crippen molar-refractivity contribution in [1.82, 2.24) is 9.88 Å². The summed E-state index contributed by atoms with van der Waals surface area (Å²) in [6, 6.07) is 22.0. The molecule has 0 saturated carbocycles. The first-order valence-electron chi connectivity index (χ1n) is 10.5. The van der Waals surface area contributed by atoms with Gasteiger partial charge >= 0.3 is 0 Å². The minimum atomic E-state index is 0.0318. The number of likely N-dealkylation sites (N-methyl/N-ethyl adjacent to an activating group) is 1. The number of morpholine rings is 1.